The maximum atomic E-state index is 2.29. The molecule has 19 aromatic rings. The molecule has 0 saturated heterocycles. The van der Waals surface area contributed by atoms with Crippen molar-refractivity contribution in [2.75, 3.05) is 67.4 Å². The van der Waals surface area contributed by atoms with Crippen LogP contribution in [0.15, 0.2) is 485 Å². The monoisotopic (exact) mass is 1630 g/mol. The van der Waals surface area contributed by atoms with E-state index in [4.69, 9.17) is 0 Å². The molecule has 8 nitrogen and oxygen atoms in total. The first-order valence-corrected chi connectivity index (χ1v) is 43.0. The molecule has 126 heavy (non-hydrogen) atoms. The molecule has 0 amide bonds. The summed E-state index contributed by atoms with van der Waals surface area (Å²) in [6, 6.07) is 171. The summed E-state index contributed by atoms with van der Waals surface area (Å²) in [6.07, 6.45) is 0. The van der Waals surface area contributed by atoms with E-state index >= 15 is 0 Å². The Balaban J connectivity index is 0.000000124. The zero-order chi connectivity index (χ0) is 86.5. The van der Waals surface area contributed by atoms with Gasteiger partial charge in [0.25, 0.3) is 0 Å². The highest BCUT2D eigenvalue weighted by molar-refractivity contribution is 5.96. The van der Waals surface area contributed by atoms with Crippen molar-refractivity contribution in [3.8, 4) is 11.1 Å². The first-order chi connectivity index (χ1) is 61.8. The highest BCUT2D eigenvalue weighted by Crippen LogP contribution is 2.43. The third-order valence-electron chi connectivity index (χ3n) is 23.0. The minimum atomic E-state index is 1.13. The van der Waals surface area contributed by atoms with Crippen molar-refractivity contribution in [2.45, 2.75) is 27.7 Å². The fraction of sp³-hybridized carbons (Fsp3) is 0.0678. The summed E-state index contributed by atoms with van der Waals surface area (Å²) >= 11 is 0. The molecule has 0 aliphatic carbocycles. The maximum Gasteiger partial charge on any atom is 0.0487 e. The number of nitrogens with zero attached hydrogens (tertiary/aromatic N) is 8. The van der Waals surface area contributed by atoms with Gasteiger partial charge < -0.3 is 39.2 Å². The Labute approximate surface area is 744 Å². The van der Waals surface area contributed by atoms with Crippen LogP contribution in [-0.4, -0.2) is 28.2 Å². The lowest BCUT2D eigenvalue weighted by molar-refractivity contribution is 1.20. The van der Waals surface area contributed by atoms with E-state index in [9.17, 15) is 0 Å². The lowest BCUT2D eigenvalue weighted by Gasteiger charge is -2.27. The van der Waals surface area contributed by atoms with Gasteiger partial charge in [0.2, 0.25) is 0 Å². The number of benzene rings is 19. The predicted molar refractivity (Wildman–Crippen MR) is 542 cm³/mol. The third kappa shape index (κ3) is 20.3. The molecule has 0 N–H and O–H groups in total. The van der Waals surface area contributed by atoms with Crippen LogP contribution in [0.3, 0.4) is 0 Å². The van der Waals surface area contributed by atoms with Crippen LogP contribution in [0.1, 0.15) is 22.3 Å². The summed E-state index contributed by atoms with van der Waals surface area (Å²) in [5, 5.41) is 5.02. The molecule has 0 saturated carbocycles. The first kappa shape index (κ1) is 83.7. The number of hydrogen-bond acceptors (Lipinski definition) is 8. The zero-order valence-corrected chi connectivity index (χ0v) is 72.8. The average Bonchev–Trinajstić information content (AvgIpc) is 0.805. The number of hydrogen-bond donors (Lipinski definition) is 0. The molecule has 0 aliphatic heterocycles. The highest BCUT2D eigenvalue weighted by Gasteiger charge is 2.20. The molecular formula is C118H104N8. The molecule has 0 heterocycles. The van der Waals surface area contributed by atoms with Crippen LogP contribution in [-0.2, 0) is 0 Å². The minimum Gasteiger partial charge on any atom is -0.345 e. The summed E-state index contributed by atoms with van der Waals surface area (Å²) in [5.41, 5.74) is 30.5. The third-order valence-corrected chi connectivity index (χ3v) is 23.0. The second-order valence-electron chi connectivity index (χ2n) is 31.6. The van der Waals surface area contributed by atoms with E-state index in [1.165, 1.54) is 72.0 Å². The van der Waals surface area contributed by atoms with Gasteiger partial charge >= 0.3 is 0 Å². The van der Waals surface area contributed by atoms with Gasteiger partial charge in [0.05, 0.1) is 0 Å². The second kappa shape index (κ2) is 40.2. The van der Waals surface area contributed by atoms with Crippen molar-refractivity contribution in [2.24, 2.45) is 0 Å². The molecule has 616 valence electrons. The summed E-state index contributed by atoms with van der Waals surface area (Å²) in [6.45, 7) is 8.47. The normalized spacial score (nSPS) is 10.7. The van der Waals surface area contributed by atoms with Gasteiger partial charge in [-0.05, 0) is 292 Å². The van der Waals surface area contributed by atoms with Gasteiger partial charge in [-0.1, -0.05) is 271 Å². The molecule has 0 atom stereocenters. The van der Waals surface area contributed by atoms with Crippen LogP contribution in [0.25, 0.3) is 32.7 Å². The van der Waals surface area contributed by atoms with E-state index in [2.05, 4.69) is 568 Å². The molecule has 0 fully saturated rings. The van der Waals surface area contributed by atoms with Gasteiger partial charge in [-0.2, -0.15) is 0 Å². The van der Waals surface area contributed by atoms with Crippen LogP contribution >= 0.6 is 0 Å². The summed E-state index contributed by atoms with van der Waals surface area (Å²) in [7, 11) is 8.46. The summed E-state index contributed by atoms with van der Waals surface area (Å²) in [5.74, 6) is 0. The summed E-state index contributed by atoms with van der Waals surface area (Å²) < 4.78 is 0. The Kier molecular flexibility index (Phi) is 26.7. The molecule has 0 unspecified atom stereocenters. The van der Waals surface area contributed by atoms with Crippen LogP contribution in [0.5, 0.6) is 0 Å². The van der Waals surface area contributed by atoms with Crippen LogP contribution < -0.4 is 39.2 Å². The smallest absolute Gasteiger partial charge is 0.0487 e. The highest BCUT2D eigenvalue weighted by atomic mass is 15.2. The number of aryl methyl sites for hydroxylation is 4. The molecule has 0 aliphatic rings. The maximum absolute atomic E-state index is 2.29. The fourth-order valence-corrected chi connectivity index (χ4v) is 15.8. The number of fused-ring (bicyclic) bond motifs is 2. The Morgan fingerprint density at radius 3 is 0.675 bits per heavy atom. The van der Waals surface area contributed by atoms with Gasteiger partial charge in [-0.15, -0.1) is 0 Å². The van der Waals surface area contributed by atoms with Gasteiger partial charge in [-0.3, -0.25) is 0 Å². The van der Waals surface area contributed by atoms with Gasteiger partial charge in [0, 0.05) is 147 Å². The molecular weight excluding hydrogens is 1530 g/mol. The van der Waals surface area contributed by atoms with Crippen molar-refractivity contribution in [1.29, 1.82) is 0 Å². The van der Waals surface area contributed by atoms with E-state index in [1.807, 2.05) is 12.1 Å². The lowest BCUT2D eigenvalue weighted by atomic mass is 10.1. The van der Waals surface area contributed by atoms with Crippen molar-refractivity contribution in [3.05, 3.63) is 508 Å². The first-order valence-electron chi connectivity index (χ1n) is 43.0. The van der Waals surface area contributed by atoms with Crippen molar-refractivity contribution >= 4 is 135 Å². The van der Waals surface area contributed by atoms with Crippen molar-refractivity contribution in [3.63, 3.8) is 0 Å². The average molecular weight is 1630 g/mol. The lowest BCUT2D eigenvalue weighted by Crippen LogP contribution is -2.12. The number of anilines is 20. The van der Waals surface area contributed by atoms with E-state index < -0.39 is 0 Å². The molecule has 8 heteroatoms. The van der Waals surface area contributed by atoms with Crippen LogP contribution in [0.2, 0.25) is 0 Å². The second-order valence-corrected chi connectivity index (χ2v) is 31.6. The van der Waals surface area contributed by atoms with E-state index in [0.717, 1.165) is 96.7 Å². The van der Waals surface area contributed by atoms with Gasteiger partial charge in [0.15, 0.2) is 0 Å². The number of para-hydroxylation sites is 5. The Morgan fingerprint density at radius 2 is 0.341 bits per heavy atom. The summed E-state index contributed by atoms with van der Waals surface area (Å²) in [4.78, 5) is 18.1. The van der Waals surface area contributed by atoms with Gasteiger partial charge in [0.1, 0.15) is 0 Å². The fourth-order valence-electron chi connectivity index (χ4n) is 15.8. The Bertz CT molecular complexity index is 6600. The minimum absolute atomic E-state index is 1.13. The Hall–Kier alpha value is -15.9. The molecule has 0 aromatic heterocycles. The molecule has 0 spiro atoms. The van der Waals surface area contributed by atoms with Gasteiger partial charge in [-0.25, -0.2) is 0 Å². The SMILES string of the molecule is Cc1ccc(N(c2ccccc2)c2ccc(N(C)c3ccc(-c4ccccc4)cc3)cc2)cc1.Cc1ccc(N(c2ccccc2)c2ccc(N(C)c3ccc4ccccc4c3)cc2)cc1.Cc1ccc(N(c2ccccc2)c2ccc(N(C)c3cccc4ccccc34)cc2)cc1.Cc1ccc(N(c2ccccc2)c2ccc(N(C)c3ccccc3)cc2)cc1. The van der Waals surface area contributed by atoms with E-state index in [1.54, 1.807) is 0 Å². The molecule has 0 bridgehead atoms. The molecule has 19 aromatic carbocycles. The van der Waals surface area contributed by atoms with Crippen molar-refractivity contribution in [1.82, 2.24) is 0 Å². The standard InChI is InChI=1S/C32H28N2.2C30H26N2.C26H24N2/c1-25-13-17-31(18-14-25)34(30-11-7-4-8-12-30)32-23-21-29(22-24-32)33(2)28-19-15-27(16-20-28)26-9-5-3-6-10-26;1-23-15-17-27(18-16-23)32(26-11-4-3-5-12-26)28-21-19-25(20-22-28)31(2)30-14-8-10-24-9-6-7-13-29(24)30;1-23-12-15-28(16-13-23)32(27-10-4-3-5-11-27)29-20-18-26(19-21-29)31(2)30-17-14-24-8-6-7-9-25(24)22-30;1-21-13-15-25(16-14-21)28(24-11-7-4-8-12-24)26-19-17-23(18-20-26)27(2)22-9-5-3-6-10-22/h3-24H,1-2H3;2*3-22H,1-2H3;3-20H,1-2H3. The molecule has 0 radical (unpaired) electrons. The van der Waals surface area contributed by atoms with Crippen LogP contribution in [0.4, 0.5) is 114 Å². The van der Waals surface area contributed by atoms with Crippen molar-refractivity contribution < 1.29 is 0 Å². The largest absolute Gasteiger partial charge is 0.345 e. The van der Waals surface area contributed by atoms with Crippen LogP contribution in [0, 0.1) is 27.7 Å². The quantitative estimate of drug-likeness (QED) is 0.0702. The number of rotatable bonds is 21. The van der Waals surface area contributed by atoms with E-state index in [0.29, 0.717) is 0 Å². The topological polar surface area (TPSA) is 25.9 Å². The molecule has 19 rings (SSSR count). The zero-order valence-electron chi connectivity index (χ0n) is 72.8. The Morgan fingerprint density at radius 1 is 0.135 bits per heavy atom. The van der Waals surface area contributed by atoms with E-state index in [-0.39, 0.29) is 0 Å². The predicted octanol–water partition coefficient (Wildman–Crippen LogP) is 32.9.